The molecule has 4 aromatic rings. The van der Waals surface area contributed by atoms with Gasteiger partial charge in [0.15, 0.2) is 5.78 Å². The molecule has 0 aliphatic carbocycles. The number of aryl methyl sites for hydroxylation is 2. The summed E-state index contributed by atoms with van der Waals surface area (Å²) in [5.41, 5.74) is 0.932. The summed E-state index contributed by atoms with van der Waals surface area (Å²) in [6.07, 6.45) is -0.254. The number of hydrogen-bond donors (Lipinski definition) is 0. The standard InChI is InChI=1S/C23H20N2O4S2/c1-13-19(17-10-7-11-30-17)20-22(31-13)24-14(2)25(23(20)28)16(12-18(26)29-3)21(27)15-8-5-4-6-9-15/h4-11,16H,12H2,1-3H3. The molecule has 0 amide bonds. The number of hydrogen-bond acceptors (Lipinski definition) is 7. The maximum Gasteiger partial charge on any atom is 0.308 e. The van der Waals surface area contributed by atoms with Crippen molar-refractivity contribution in [3.05, 3.63) is 74.5 Å². The van der Waals surface area contributed by atoms with Crippen LogP contribution < -0.4 is 5.56 Å². The average Bonchev–Trinajstić information content (AvgIpc) is 3.40. The number of ketones is 1. The van der Waals surface area contributed by atoms with Crippen molar-refractivity contribution in [2.45, 2.75) is 26.3 Å². The lowest BCUT2D eigenvalue weighted by atomic mass is 10.0. The molecule has 6 nitrogen and oxygen atoms in total. The van der Waals surface area contributed by atoms with Crippen molar-refractivity contribution < 1.29 is 14.3 Å². The Balaban J connectivity index is 1.96. The summed E-state index contributed by atoms with van der Waals surface area (Å²) in [5, 5.41) is 2.43. The van der Waals surface area contributed by atoms with Gasteiger partial charge in [-0.2, -0.15) is 0 Å². The summed E-state index contributed by atoms with van der Waals surface area (Å²) < 4.78 is 6.16. The molecule has 0 N–H and O–H groups in total. The first-order valence-corrected chi connectivity index (χ1v) is 11.3. The maximum absolute atomic E-state index is 13.8. The molecule has 0 spiro atoms. The molecule has 3 aromatic heterocycles. The Morgan fingerprint density at radius 2 is 1.87 bits per heavy atom. The van der Waals surface area contributed by atoms with Crippen LogP contribution in [0.1, 0.15) is 33.5 Å². The fraction of sp³-hybridized carbons (Fsp3) is 0.217. The monoisotopic (exact) mass is 452 g/mol. The molecule has 3 heterocycles. The van der Waals surface area contributed by atoms with Gasteiger partial charge in [0, 0.05) is 20.9 Å². The molecule has 31 heavy (non-hydrogen) atoms. The number of benzene rings is 1. The van der Waals surface area contributed by atoms with E-state index >= 15 is 0 Å². The van der Waals surface area contributed by atoms with E-state index in [4.69, 9.17) is 4.74 Å². The number of ether oxygens (including phenoxy) is 1. The zero-order valence-corrected chi connectivity index (χ0v) is 18.9. The summed E-state index contributed by atoms with van der Waals surface area (Å²) in [6.45, 7) is 3.64. The van der Waals surface area contributed by atoms with E-state index in [1.54, 1.807) is 48.6 Å². The molecule has 0 saturated carbocycles. The van der Waals surface area contributed by atoms with Crippen LogP contribution in [0.3, 0.4) is 0 Å². The zero-order valence-electron chi connectivity index (χ0n) is 17.2. The Labute approximate surface area is 186 Å². The minimum Gasteiger partial charge on any atom is -0.469 e. The highest BCUT2D eigenvalue weighted by Crippen LogP contribution is 2.38. The maximum atomic E-state index is 13.8. The minimum absolute atomic E-state index is 0.254. The van der Waals surface area contributed by atoms with E-state index in [0.717, 1.165) is 15.3 Å². The summed E-state index contributed by atoms with van der Waals surface area (Å²) in [7, 11) is 1.26. The Hall–Kier alpha value is -3.10. The third-order valence-electron chi connectivity index (χ3n) is 5.14. The van der Waals surface area contributed by atoms with Crippen LogP contribution in [0.5, 0.6) is 0 Å². The second kappa shape index (κ2) is 8.56. The van der Waals surface area contributed by atoms with Gasteiger partial charge >= 0.3 is 5.97 Å². The van der Waals surface area contributed by atoms with Crippen molar-refractivity contribution in [3.63, 3.8) is 0 Å². The number of carbonyl (C=O) groups is 2. The van der Waals surface area contributed by atoms with E-state index in [2.05, 4.69) is 4.98 Å². The summed E-state index contributed by atoms with van der Waals surface area (Å²) in [4.78, 5) is 46.5. The summed E-state index contributed by atoms with van der Waals surface area (Å²) >= 11 is 3.00. The molecule has 1 atom stereocenters. The molecule has 0 aliphatic rings. The topological polar surface area (TPSA) is 78.3 Å². The molecular formula is C23H20N2O4S2. The van der Waals surface area contributed by atoms with Crippen LogP contribution in [0.15, 0.2) is 52.6 Å². The van der Waals surface area contributed by atoms with Gasteiger partial charge in [-0.1, -0.05) is 36.4 Å². The van der Waals surface area contributed by atoms with Crippen molar-refractivity contribution in [1.29, 1.82) is 0 Å². The van der Waals surface area contributed by atoms with Gasteiger partial charge in [0.05, 0.1) is 18.9 Å². The summed E-state index contributed by atoms with van der Waals surface area (Å²) in [5.74, 6) is -0.516. The van der Waals surface area contributed by atoms with Crippen LogP contribution in [-0.4, -0.2) is 28.4 Å². The van der Waals surface area contributed by atoms with Gasteiger partial charge in [-0.25, -0.2) is 4.98 Å². The minimum atomic E-state index is -1.05. The third-order valence-corrected chi connectivity index (χ3v) is 7.02. The Morgan fingerprint density at radius 1 is 1.13 bits per heavy atom. The van der Waals surface area contributed by atoms with E-state index < -0.39 is 12.0 Å². The van der Waals surface area contributed by atoms with Gasteiger partial charge < -0.3 is 4.74 Å². The average molecular weight is 453 g/mol. The van der Waals surface area contributed by atoms with Crippen LogP contribution >= 0.6 is 22.7 Å². The van der Waals surface area contributed by atoms with Crippen molar-refractivity contribution in [2.75, 3.05) is 7.11 Å². The fourth-order valence-corrected chi connectivity index (χ4v) is 5.67. The smallest absolute Gasteiger partial charge is 0.308 e. The van der Waals surface area contributed by atoms with Gasteiger partial charge in [-0.3, -0.25) is 19.0 Å². The molecule has 0 fully saturated rings. The van der Waals surface area contributed by atoms with Crippen molar-refractivity contribution in [2.24, 2.45) is 0 Å². The van der Waals surface area contributed by atoms with Gasteiger partial charge in [-0.05, 0) is 25.3 Å². The Bertz CT molecular complexity index is 1320. The fourth-order valence-electron chi connectivity index (χ4n) is 3.70. The lowest BCUT2D eigenvalue weighted by Gasteiger charge is -2.20. The van der Waals surface area contributed by atoms with Gasteiger partial charge in [0.25, 0.3) is 5.56 Å². The lowest BCUT2D eigenvalue weighted by molar-refractivity contribution is -0.141. The van der Waals surface area contributed by atoms with Crippen molar-refractivity contribution in [1.82, 2.24) is 9.55 Å². The molecule has 0 bridgehead atoms. The molecule has 0 saturated heterocycles. The number of esters is 1. The highest BCUT2D eigenvalue weighted by Gasteiger charge is 2.30. The molecule has 0 radical (unpaired) electrons. The van der Waals surface area contributed by atoms with Crippen molar-refractivity contribution >= 4 is 44.6 Å². The Morgan fingerprint density at radius 3 is 2.52 bits per heavy atom. The first kappa shape index (κ1) is 21.1. The van der Waals surface area contributed by atoms with Gasteiger partial charge in [0.2, 0.25) is 0 Å². The number of rotatable bonds is 6. The van der Waals surface area contributed by atoms with E-state index in [0.29, 0.717) is 21.6 Å². The Kier molecular flexibility index (Phi) is 5.84. The normalized spacial score (nSPS) is 12.1. The molecule has 1 aromatic carbocycles. The number of nitrogens with zero attached hydrogens (tertiary/aromatic N) is 2. The van der Waals surface area contributed by atoms with E-state index in [-0.39, 0.29) is 17.8 Å². The zero-order chi connectivity index (χ0) is 22.1. The third kappa shape index (κ3) is 3.84. The molecule has 158 valence electrons. The summed E-state index contributed by atoms with van der Waals surface area (Å²) in [6, 6.07) is 11.5. The van der Waals surface area contributed by atoms with Gasteiger partial charge in [0.1, 0.15) is 16.7 Å². The van der Waals surface area contributed by atoms with Crippen LogP contribution in [-0.2, 0) is 9.53 Å². The quantitative estimate of drug-likeness (QED) is 0.310. The molecular weight excluding hydrogens is 432 g/mol. The van der Waals surface area contributed by atoms with Gasteiger partial charge in [-0.15, -0.1) is 22.7 Å². The van der Waals surface area contributed by atoms with Crippen LogP contribution in [0.4, 0.5) is 0 Å². The number of carbonyl (C=O) groups excluding carboxylic acids is 2. The largest absolute Gasteiger partial charge is 0.469 e. The van der Waals surface area contributed by atoms with Crippen LogP contribution in [0.25, 0.3) is 20.7 Å². The van der Waals surface area contributed by atoms with E-state index in [1.807, 2.05) is 24.4 Å². The number of methoxy groups -OCH3 is 1. The second-order valence-electron chi connectivity index (χ2n) is 7.05. The first-order valence-electron chi connectivity index (χ1n) is 9.64. The first-order chi connectivity index (χ1) is 14.9. The molecule has 0 aliphatic heterocycles. The van der Waals surface area contributed by atoms with Crippen LogP contribution in [0.2, 0.25) is 0 Å². The molecule has 8 heteroatoms. The number of fused-ring (bicyclic) bond motifs is 1. The number of Topliss-reactive ketones (excluding diaryl/α,β-unsaturated/α-hetero) is 1. The van der Waals surface area contributed by atoms with E-state index in [1.165, 1.54) is 23.0 Å². The second-order valence-corrected chi connectivity index (χ2v) is 9.20. The molecule has 4 rings (SSSR count). The highest BCUT2D eigenvalue weighted by molar-refractivity contribution is 7.20. The predicted octanol–water partition coefficient (Wildman–Crippen LogP) is 4.79. The van der Waals surface area contributed by atoms with Crippen molar-refractivity contribution in [3.8, 4) is 10.4 Å². The SMILES string of the molecule is COC(=O)CC(C(=O)c1ccccc1)n1c(C)nc2sc(C)c(-c3cccs3)c2c1=O. The molecule has 1 unspecified atom stereocenters. The highest BCUT2D eigenvalue weighted by atomic mass is 32.1. The van der Waals surface area contributed by atoms with E-state index in [9.17, 15) is 14.4 Å². The predicted molar refractivity (Wildman–Crippen MR) is 123 cm³/mol. The number of aromatic nitrogens is 2. The lowest BCUT2D eigenvalue weighted by Crippen LogP contribution is -2.34. The van der Waals surface area contributed by atoms with Crippen LogP contribution in [0, 0.1) is 13.8 Å². The number of thiophene rings is 2.